The average molecular weight is 136 g/mol. The van der Waals surface area contributed by atoms with Crippen molar-refractivity contribution < 1.29 is 0 Å². The molecule has 0 aromatic heterocycles. The zero-order valence-corrected chi connectivity index (χ0v) is 7.10. The van der Waals surface area contributed by atoms with Crippen molar-refractivity contribution in [3.63, 3.8) is 0 Å². The van der Waals surface area contributed by atoms with Gasteiger partial charge in [0.25, 0.3) is 0 Å². The minimum atomic E-state index is -0.365. The Morgan fingerprint density at radius 3 is 1.56 bits per heavy atom. The Balaban J connectivity index is 3.73. The number of hydrogen-bond donors (Lipinski definition) is 0. The van der Waals surface area contributed by atoms with E-state index in [9.17, 15) is 0 Å². The molecule has 0 amide bonds. The van der Waals surface area contributed by atoms with E-state index in [2.05, 4.69) is 26.3 Å². The molecule has 0 aromatic rings. The minimum Gasteiger partial charge on any atom is -0.100 e. The third kappa shape index (κ3) is 3.73. The second-order valence-corrected chi connectivity index (χ2v) is 4.07. The van der Waals surface area contributed by atoms with Gasteiger partial charge in [-0.2, -0.15) is 0 Å². The van der Waals surface area contributed by atoms with E-state index in [-0.39, 0.29) is 9.52 Å². The molecule has 0 saturated carbocycles. The molecule has 0 aliphatic rings. The molecule has 0 saturated heterocycles. The Labute approximate surface area is 59.1 Å². The highest BCUT2D eigenvalue weighted by molar-refractivity contribution is 6.55. The molecule has 1 heteroatoms. The zero-order valence-electron chi connectivity index (χ0n) is 5.69. The molecule has 9 heavy (non-hydrogen) atoms. The molecule has 0 unspecified atom stereocenters. The van der Waals surface area contributed by atoms with Crippen molar-refractivity contribution in [1.82, 2.24) is 0 Å². The monoisotopic (exact) mass is 136 g/mol. The SMILES string of the molecule is C=CC(=C)[SiH2]C(=C)C=C. The van der Waals surface area contributed by atoms with Gasteiger partial charge in [-0.15, -0.1) is 13.2 Å². The summed E-state index contributed by atoms with van der Waals surface area (Å²) in [7, 11) is -0.365. The maximum absolute atomic E-state index is 3.80. The van der Waals surface area contributed by atoms with Gasteiger partial charge in [0.2, 0.25) is 0 Å². The van der Waals surface area contributed by atoms with Crippen LogP contribution in [0.2, 0.25) is 0 Å². The van der Waals surface area contributed by atoms with Gasteiger partial charge >= 0.3 is 0 Å². The lowest BCUT2D eigenvalue weighted by Gasteiger charge is -1.95. The molecule has 0 rings (SSSR count). The van der Waals surface area contributed by atoms with E-state index in [0.717, 1.165) is 10.4 Å². The van der Waals surface area contributed by atoms with E-state index in [1.807, 2.05) is 0 Å². The molecule has 0 atom stereocenters. The smallest absolute Gasteiger partial charge is 0.0859 e. The van der Waals surface area contributed by atoms with Crippen LogP contribution in [0.3, 0.4) is 0 Å². The van der Waals surface area contributed by atoms with Gasteiger partial charge < -0.3 is 0 Å². The highest BCUT2D eigenvalue weighted by Crippen LogP contribution is 1.95. The van der Waals surface area contributed by atoms with Crippen molar-refractivity contribution in [1.29, 1.82) is 0 Å². The standard InChI is InChI=1S/C8H12Si/c1-5-7(3)9-8(4)6-2/h5-6H,1-4,9H2. The second kappa shape index (κ2) is 4.10. The highest BCUT2D eigenvalue weighted by atomic mass is 28.2. The maximum Gasteiger partial charge on any atom is 0.0859 e. The van der Waals surface area contributed by atoms with Crippen LogP contribution in [-0.4, -0.2) is 9.52 Å². The third-order valence-electron chi connectivity index (χ3n) is 1.03. The van der Waals surface area contributed by atoms with Gasteiger partial charge in [-0.1, -0.05) is 35.7 Å². The van der Waals surface area contributed by atoms with Crippen molar-refractivity contribution in [2.75, 3.05) is 0 Å². The quantitative estimate of drug-likeness (QED) is 0.406. The first-order chi connectivity index (χ1) is 4.20. The van der Waals surface area contributed by atoms with Crippen LogP contribution in [0.5, 0.6) is 0 Å². The van der Waals surface area contributed by atoms with E-state index < -0.39 is 0 Å². The lowest BCUT2D eigenvalue weighted by atomic mass is 10.6. The van der Waals surface area contributed by atoms with E-state index in [1.54, 1.807) is 12.2 Å². The maximum atomic E-state index is 3.80. The van der Waals surface area contributed by atoms with Gasteiger partial charge in [0.1, 0.15) is 0 Å². The fraction of sp³-hybridized carbons (Fsp3) is 0. The van der Waals surface area contributed by atoms with Crippen molar-refractivity contribution in [3.05, 3.63) is 48.9 Å². The predicted molar refractivity (Wildman–Crippen MR) is 47.2 cm³/mol. The lowest BCUT2D eigenvalue weighted by molar-refractivity contribution is 1.91. The molecule has 0 spiro atoms. The van der Waals surface area contributed by atoms with E-state index in [1.165, 1.54) is 0 Å². The summed E-state index contributed by atoms with van der Waals surface area (Å²) >= 11 is 0. The van der Waals surface area contributed by atoms with Crippen LogP contribution in [0.15, 0.2) is 48.9 Å². The number of allylic oxidation sites excluding steroid dienone is 4. The number of hydrogen-bond acceptors (Lipinski definition) is 0. The highest BCUT2D eigenvalue weighted by Gasteiger charge is 1.89. The van der Waals surface area contributed by atoms with Crippen molar-refractivity contribution in [3.8, 4) is 0 Å². The Kier molecular flexibility index (Phi) is 3.72. The van der Waals surface area contributed by atoms with Crippen LogP contribution in [0.1, 0.15) is 0 Å². The van der Waals surface area contributed by atoms with Crippen LogP contribution in [0.4, 0.5) is 0 Å². The van der Waals surface area contributed by atoms with Gasteiger partial charge in [-0.3, -0.25) is 0 Å². The predicted octanol–water partition coefficient (Wildman–Crippen LogP) is 1.55. The summed E-state index contributed by atoms with van der Waals surface area (Å²) in [6.45, 7) is 14.8. The summed E-state index contributed by atoms with van der Waals surface area (Å²) in [5.74, 6) is 0. The molecule has 0 N–H and O–H groups in total. The summed E-state index contributed by atoms with van der Waals surface area (Å²) < 4.78 is 0. The van der Waals surface area contributed by atoms with Crippen LogP contribution in [0, 0.1) is 0 Å². The molecule has 0 aliphatic heterocycles. The first-order valence-corrected chi connectivity index (χ1v) is 4.22. The van der Waals surface area contributed by atoms with E-state index >= 15 is 0 Å². The average Bonchev–Trinajstić information content (AvgIpc) is 1.87. The Bertz CT molecular complexity index is 136. The van der Waals surface area contributed by atoms with Crippen LogP contribution in [0.25, 0.3) is 0 Å². The minimum absolute atomic E-state index is 0.365. The fourth-order valence-corrected chi connectivity index (χ4v) is 1.31. The Hall–Kier alpha value is -0.823. The van der Waals surface area contributed by atoms with Gasteiger partial charge in [0.15, 0.2) is 0 Å². The topological polar surface area (TPSA) is 0 Å². The van der Waals surface area contributed by atoms with Crippen molar-refractivity contribution >= 4 is 9.52 Å². The molecule has 48 valence electrons. The fourth-order valence-electron chi connectivity index (χ4n) is 0.436. The Morgan fingerprint density at radius 1 is 1.00 bits per heavy atom. The van der Waals surface area contributed by atoms with E-state index in [4.69, 9.17) is 0 Å². The molecule has 0 radical (unpaired) electrons. The van der Waals surface area contributed by atoms with Crippen molar-refractivity contribution in [2.24, 2.45) is 0 Å². The van der Waals surface area contributed by atoms with Gasteiger partial charge in [0, 0.05) is 0 Å². The van der Waals surface area contributed by atoms with Crippen LogP contribution < -0.4 is 0 Å². The molecule has 0 bridgehead atoms. The summed E-state index contributed by atoms with van der Waals surface area (Å²) in [4.78, 5) is 0. The summed E-state index contributed by atoms with van der Waals surface area (Å²) in [5.41, 5.74) is 0. The van der Waals surface area contributed by atoms with Crippen molar-refractivity contribution in [2.45, 2.75) is 0 Å². The summed E-state index contributed by atoms with van der Waals surface area (Å²) in [6, 6.07) is 0. The van der Waals surface area contributed by atoms with Gasteiger partial charge in [-0.25, -0.2) is 0 Å². The summed E-state index contributed by atoms with van der Waals surface area (Å²) in [6.07, 6.45) is 3.59. The van der Waals surface area contributed by atoms with Gasteiger partial charge in [-0.05, 0) is 0 Å². The van der Waals surface area contributed by atoms with Crippen LogP contribution in [-0.2, 0) is 0 Å². The Morgan fingerprint density at radius 2 is 1.33 bits per heavy atom. The second-order valence-electron chi connectivity index (χ2n) is 1.90. The molecule has 0 fully saturated rings. The molecular weight excluding hydrogens is 124 g/mol. The normalized spacial score (nSPS) is 8.00. The third-order valence-corrected chi connectivity index (χ3v) is 2.52. The molecule has 0 aromatic carbocycles. The lowest BCUT2D eigenvalue weighted by Crippen LogP contribution is -1.92. The molecule has 0 aliphatic carbocycles. The van der Waals surface area contributed by atoms with Crippen LogP contribution >= 0.6 is 0 Å². The van der Waals surface area contributed by atoms with E-state index in [0.29, 0.717) is 0 Å². The molecule has 0 nitrogen and oxygen atoms in total. The van der Waals surface area contributed by atoms with Gasteiger partial charge in [0.05, 0.1) is 9.52 Å². The first-order valence-electron chi connectivity index (χ1n) is 2.81. The zero-order chi connectivity index (χ0) is 7.28. The first kappa shape index (κ1) is 8.18. The molecular formula is C8H12Si. The number of rotatable bonds is 4. The summed E-state index contributed by atoms with van der Waals surface area (Å²) in [5, 5.41) is 2.25. The molecule has 0 heterocycles. The largest absolute Gasteiger partial charge is 0.100 e.